The number of piperidine rings is 1. The summed E-state index contributed by atoms with van der Waals surface area (Å²) in [4.78, 5) is 4.43. The van der Waals surface area contributed by atoms with Crippen molar-refractivity contribution in [3.63, 3.8) is 0 Å². The summed E-state index contributed by atoms with van der Waals surface area (Å²) in [6.07, 6.45) is 14.3. The highest BCUT2D eigenvalue weighted by Gasteiger charge is 2.29. The maximum Gasteiger partial charge on any atom is 0.0951 e. The molecule has 4 heteroatoms. The highest BCUT2D eigenvalue weighted by atomic mass is 32.2. The summed E-state index contributed by atoms with van der Waals surface area (Å²) in [5, 5.41) is 4.59. The zero-order valence-corrected chi connectivity index (χ0v) is 12.8. The van der Waals surface area contributed by atoms with Gasteiger partial charge in [0, 0.05) is 29.6 Å². The van der Waals surface area contributed by atoms with E-state index in [-0.39, 0.29) is 0 Å². The Morgan fingerprint density at radius 3 is 2.95 bits per heavy atom. The van der Waals surface area contributed by atoms with Crippen molar-refractivity contribution in [2.75, 3.05) is 6.26 Å². The average Bonchev–Trinajstić information content (AvgIpc) is 3.07. The second kappa shape index (κ2) is 5.88. The predicted octanol–water partition coefficient (Wildman–Crippen LogP) is 3.54. The van der Waals surface area contributed by atoms with Crippen molar-refractivity contribution in [2.45, 2.75) is 68.8 Å². The van der Waals surface area contributed by atoms with Gasteiger partial charge in [0.25, 0.3) is 0 Å². The van der Waals surface area contributed by atoms with Crippen LogP contribution in [0.1, 0.15) is 63.2 Å². The maximum atomic E-state index is 4.43. The summed E-state index contributed by atoms with van der Waals surface area (Å²) in [5.41, 5.74) is 1.42. The maximum absolute atomic E-state index is 4.43. The molecule has 0 spiro atoms. The van der Waals surface area contributed by atoms with Crippen LogP contribution in [0.2, 0.25) is 0 Å². The van der Waals surface area contributed by atoms with Gasteiger partial charge in [0.2, 0.25) is 0 Å². The summed E-state index contributed by atoms with van der Waals surface area (Å²) in [5.74, 6) is 0. The molecule has 1 saturated heterocycles. The van der Waals surface area contributed by atoms with Crippen LogP contribution in [0.4, 0.5) is 0 Å². The number of aromatic nitrogens is 2. The molecular formula is C15H25N3S. The summed E-state index contributed by atoms with van der Waals surface area (Å²) in [7, 11) is 0. The molecule has 3 rings (SSSR count). The second-order valence-corrected chi connectivity index (χ2v) is 7.24. The van der Waals surface area contributed by atoms with E-state index >= 15 is 0 Å². The Hall–Kier alpha value is -0.480. The molecule has 1 aliphatic heterocycles. The monoisotopic (exact) mass is 279 g/mol. The van der Waals surface area contributed by atoms with Crippen LogP contribution < -0.4 is 5.32 Å². The molecule has 4 unspecified atom stereocenters. The van der Waals surface area contributed by atoms with E-state index in [2.05, 4.69) is 40.6 Å². The Labute approximate surface area is 120 Å². The molecule has 1 aliphatic carbocycles. The van der Waals surface area contributed by atoms with E-state index < -0.39 is 0 Å². The third kappa shape index (κ3) is 2.84. The van der Waals surface area contributed by atoms with E-state index in [0.717, 1.165) is 5.25 Å². The summed E-state index contributed by atoms with van der Waals surface area (Å²) < 4.78 is 2.46. The van der Waals surface area contributed by atoms with E-state index in [0.29, 0.717) is 18.1 Å². The second-order valence-electron chi connectivity index (χ2n) is 6.10. The van der Waals surface area contributed by atoms with Gasteiger partial charge in [-0.25, -0.2) is 4.98 Å². The van der Waals surface area contributed by atoms with Gasteiger partial charge in [-0.3, -0.25) is 0 Å². The van der Waals surface area contributed by atoms with Crippen molar-refractivity contribution >= 4 is 11.8 Å². The minimum atomic E-state index is 0.513. The summed E-state index contributed by atoms with van der Waals surface area (Å²) in [6, 6.07) is 1.83. The Bertz CT molecular complexity index is 417. The van der Waals surface area contributed by atoms with Gasteiger partial charge in [0.05, 0.1) is 12.0 Å². The van der Waals surface area contributed by atoms with Crippen LogP contribution in [0.3, 0.4) is 0 Å². The van der Waals surface area contributed by atoms with E-state index in [1.165, 1.54) is 44.2 Å². The van der Waals surface area contributed by atoms with Gasteiger partial charge in [0.15, 0.2) is 0 Å². The lowest BCUT2D eigenvalue weighted by Gasteiger charge is -2.30. The van der Waals surface area contributed by atoms with E-state index in [1.54, 1.807) is 0 Å². The number of rotatable bonds is 3. The van der Waals surface area contributed by atoms with E-state index in [4.69, 9.17) is 0 Å². The molecule has 19 heavy (non-hydrogen) atoms. The number of imidazole rings is 1. The fourth-order valence-corrected chi connectivity index (χ4v) is 4.43. The van der Waals surface area contributed by atoms with Crippen LogP contribution >= 0.6 is 11.8 Å². The smallest absolute Gasteiger partial charge is 0.0951 e. The zero-order valence-electron chi connectivity index (χ0n) is 12.0. The van der Waals surface area contributed by atoms with Crippen LogP contribution in [0.25, 0.3) is 0 Å². The molecule has 1 aromatic rings. The number of nitrogens with one attached hydrogen (secondary N) is 1. The fourth-order valence-electron chi connectivity index (χ4n) is 3.65. The van der Waals surface area contributed by atoms with Crippen LogP contribution in [0, 0.1) is 0 Å². The topological polar surface area (TPSA) is 29.9 Å². The first kappa shape index (κ1) is 13.5. The minimum absolute atomic E-state index is 0.513. The van der Waals surface area contributed by atoms with Crippen molar-refractivity contribution in [3.05, 3.63) is 18.2 Å². The standard InChI is InChI=1S/C15H25N3S/c1-11-4-3-5-14(17-11)15-9-16-10-18(15)12-6-7-13(8-12)19-2/h9-14,17H,3-8H2,1-2H3. The Morgan fingerprint density at radius 2 is 2.21 bits per heavy atom. The highest BCUT2D eigenvalue weighted by molar-refractivity contribution is 7.99. The van der Waals surface area contributed by atoms with E-state index in [1.807, 2.05) is 11.8 Å². The largest absolute Gasteiger partial charge is 0.330 e. The lowest BCUT2D eigenvalue weighted by molar-refractivity contribution is 0.322. The summed E-state index contributed by atoms with van der Waals surface area (Å²) >= 11 is 2.03. The van der Waals surface area contributed by atoms with Crippen molar-refractivity contribution in [3.8, 4) is 0 Å². The highest BCUT2D eigenvalue weighted by Crippen LogP contribution is 2.38. The van der Waals surface area contributed by atoms with Crippen LogP contribution in [0.15, 0.2) is 12.5 Å². The molecule has 0 radical (unpaired) electrons. The lowest BCUT2D eigenvalue weighted by Crippen LogP contribution is -2.35. The van der Waals surface area contributed by atoms with Gasteiger partial charge in [-0.2, -0.15) is 11.8 Å². The molecule has 1 N–H and O–H groups in total. The summed E-state index contributed by atoms with van der Waals surface area (Å²) in [6.45, 7) is 2.30. The van der Waals surface area contributed by atoms with Crippen molar-refractivity contribution in [2.24, 2.45) is 0 Å². The van der Waals surface area contributed by atoms with Gasteiger partial charge in [-0.1, -0.05) is 0 Å². The minimum Gasteiger partial charge on any atom is -0.330 e. The quantitative estimate of drug-likeness (QED) is 0.918. The van der Waals surface area contributed by atoms with Crippen molar-refractivity contribution in [1.82, 2.24) is 14.9 Å². The normalized spacial score (nSPS) is 35.7. The molecule has 2 fully saturated rings. The Balaban J connectivity index is 1.75. The predicted molar refractivity (Wildman–Crippen MR) is 81.6 cm³/mol. The first-order valence-electron chi connectivity index (χ1n) is 7.58. The number of thioether (sulfide) groups is 1. The lowest BCUT2D eigenvalue weighted by atomic mass is 9.97. The number of hydrogen-bond donors (Lipinski definition) is 1. The van der Waals surface area contributed by atoms with Crippen molar-refractivity contribution in [1.29, 1.82) is 0 Å². The fraction of sp³-hybridized carbons (Fsp3) is 0.800. The average molecular weight is 279 g/mol. The van der Waals surface area contributed by atoms with Gasteiger partial charge in [-0.15, -0.1) is 0 Å². The first-order chi connectivity index (χ1) is 9.28. The Morgan fingerprint density at radius 1 is 1.32 bits per heavy atom. The molecule has 2 aliphatic rings. The van der Waals surface area contributed by atoms with E-state index in [9.17, 15) is 0 Å². The zero-order chi connectivity index (χ0) is 13.2. The van der Waals surface area contributed by atoms with Gasteiger partial charge in [0.1, 0.15) is 0 Å². The molecule has 4 atom stereocenters. The molecule has 1 saturated carbocycles. The van der Waals surface area contributed by atoms with Gasteiger partial charge >= 0.3 is 0 Å². The van der Waals surface area contributed by atoms with Crippen LogP contribution in [-0.4, -0.2) is 27.1 Å². The van der Waals surface area contributed by atoms with Crippen LogP contribution in [0.5, 0.6) is 0 Å². The van der Waals surface area contributed by atoms with Crippen molar-refractivity contribution < 1.29 is 0 Å². The molecular weight excluding hydrogens is 254 g/mol. The number of hydrogen-bond acceptors (Lipinski definition) is 3. The molecule has 0 amide bonds. The Kier molecular flexibility index (Phi) is 4.18. The SMILES string of the molecule is CSC1CCC(n2cncc2C2CCCC(C)N2)C1. The first-order valence-corrected chi connectivity index (χ1v) is 8.87. The van der Waals surface area contributed by atoms with Gasteiger partial charge < -0.3 is 9.88 Å². The molecule has 3 nitrogen and oxygen atoms in total. The number of nitrogens with zero attached hydrogens (tertiary/aromatic N) is 2. The molecule has 0 bridgehead atoms. The third-order valence-corrected chi connectivity index (χ3v) is 5.85. The van der Waals surface area contributed by atoms with Crippen LogP contribution in [-0.2, 0) is 0 Å². The third-order valence-electron chi connectivity index (χ3n) is 4.75. The van der Waals surface area contributed by atoms with Gasteiger partial charge in [-0.05, 0) is 51.7 Å². The molecule has 106 valence electrons. The molecule has 1 aromatic heterocycles. The molecule has 0 aromatic carbocycles. The molecule has 2 heterocycles.